The highest BCUT2D eigenvalue weighted by atomic mass is 16.5. The van der Waals surface area contributed by atoms with Crippen molar-refractivity contribution in [2.75, 3.05) is 13.7 Å². The second-order valence-electron chi connectivity index (χ2n) is 6.37. The largest absolute Gasteiger partial charge is 0.467 e. The van der Waals surface area contributed by atoms with E-state index >= 15 is 0 Å². The Morgan fingerprint density at radius 2 is 1.68 bits per heavy atom. The van der Waals surface area contributed by atoms with Gasteiger partial charge in [0.1, 0.15) is 0 Å². The van der Waals surface area contributed by atoms with E-state index < -0.39 is 11.5 Å². The van der Waals surface area contributed by atoms with E-state index in [0.717, 1.165) is 5.56 Å². The van der Waals surface area contributed by atoms with Crippen LogP contribution in [0.15, 0.2) is 85.0 Å². The molecule has 0 radical (unpaired) electrons. The van der Waals surface area contributed by atoms with Crippen LogP contribution in [-0.4, -0.2) is 31.1 Å². The average Bonchev–Trinajstić information content (AvgIpc) is 2.73. The van der Waals surface area contributed by atoms with Crippen molar-refractivity contribution in [1.29, 1.82) is 0 Å². The fourth-order valence-corrected chi connectivity index (χ4v) is 2.53. The summed E-state index contributed by atoms with van der Waals surface area (Å²) in [7, 11) is 1.27. The highest BCUT2D eigenvalue weighted by molar-refractivity contribution is 5.99. The lowest BCUT2D eigenvalue weighted by Gasteiger charge is -2.28. The molecule has 146 valence electrons. The highest BCUT2D eigenvalue weighted by Crippen LogP contribution is 2.19. The van der Waals surface area contributed by atoms with Gasteiger partial charge in [0.15, 0.2) is 5.54 Å². The van der Waals surface area contributed by atoms with Gasteiger partial charge in [-0.25, -0.2) is 4.79 Å². The number of ether oxygens (including phenoxy) is 2. The molecule has 5 heteroatoms. The van der Waals surface area contributed by atoms with Crippen molar-refractivity contribution in [3.05, 3.63) is 96.1 Å². The van der Waals surface area contributed by atoms with E-state index in [-0.39, 0.29) is 5.91 Å². The average molecular weight is 379 g/mol. The van der Waals surface area contributed by atoms with Gasteiger partial charge < -0.3 is 14.8 Å². The number of benzene rings is 2. The normalized spacial score (nSPS) is 12.9. The number of carbonyl (C=O) groups is 2. The third-order valence-electron chi connectivity index (χ3n) is 4.28. The first-order chi connectivity index (χ1) is 13.5. The number of carbonyl (C=O) groups excluding carboxylic acids is 2. The van der Waals surface area contributed by atoms with Crippen molar-refractivity contribution in [2.45, 2.75) is 19.1 Å². The van der Waals surface area contributed by atoms with Crippen molar-refractivity contribution in [3.63, 3.8) is 0 Å². The van der Waals surface area contributed by atoms with Crippen LogP contribution in [0.3, 0.4) is 0 Å². The van der Waals surface area contributed by atoms with E-state index in [1.165, 1.54) is 7.11 Å². The van der Waals surface area contributed by atoms with Crippen LogP contribution in [0, 0.1) is 0 Å². The maximum Gasteiger partial charge on any atom is 0.335 e. The molecule has 28 heavy (non-hydrogen) atoms. The van der Waals surface area contributed by atoms with Crippen LogP contribution < -0.4 is 5.32 Å². The Balaban J connectivity index is 1.99. The standard InChI is InChI=1S/C23H25NO4/c1-18(11-10-16-28-17-19-12-6-4-7-13-19)23(2,22(26)27-3)24-21(25)20-14-8-5-9-15-20/h4-15H,1,16-17H2,2-3H3,(H,24,25)/b11-10+/t23-/m0/s1. The number of methoxy groups -OCH3 is 1. The first-order valence-corrected chi connectivity index (χ1v) is 8.91. The van der Waals surface area contributed by atoms with Crippen molar-refractivity contribution >= 4 is 11.9 Å². The summed E-state index contributed by atoms with van der Waals surface area (Å²) in [6.45, 7) is 6.33. The smallest absolute Gasteiger partial charge is 0.335 e. The minimum Gasteiger partial charge on any atom is -0.467 e. The van der Waals surface area contributed by atoms with Gasteiger partial charge in [-0.15, -0.1) is 0 Å². The van der Waals surface area contributed by atoms with Gasteiger partial charge in [-0.1, -0.05) is 67.3 Å². The number of hydrogen-bond donors (Lipinski definition) is 1. The first-order valence-electron chi connectivity index (χ1n) is 8.91. The molecule has 1 atom stereocenters. The molecule has 0 bridgehead atoms. The SMILES string of the molecule is C=C(/C=C/COCc1ccccc1)[C@](C)(NC(=O)c1ccccc1)C(=O)OC. The van der Waals surface area contributed by atoms with Crippen LogP contribution >= 0.6 is 0 Å². The van der Waals surface area contributed by atoms with E-state index in [1.807, 2.05) is 36.4 Å². The molecule has 0 aliphatic rings. The molecule has 1 N–H and O–H groups in total. The zero-order valence-electron chi connectivity index (χ0n) is 16.2. The van der Waals surface area contributed by atoms with Gasteiger partial charge in [0.05, 0.1) is 20.3 Å². The van der Waals surface area contributed by atoms with Gasteiger partial charge in [0.2, 0.25) is 0 Å². The van der Waals surface area contributed by atoms with Gasteiger partial charge in [-0.2, -0.15) is 0 Å². The molecule has 1 amide bonds. The second kappa shape index (κ2) is 10.2. The molecule has 2 aromatic rings. The van der Waals surface area contributed by atoms with E-state index in [4.69, 9.17) is 9.47 Å². The van der Waals surface area contributed by atoms with Crippen LogP contribution in [0.25, 0.3) is 0 Å². The molecular weight excluding hydrogens is 354 g/mol. The van der Waals surface area contributed by atoms with Crippen molar-refractivity contribution in [1.82, 2.24) is 5.32 Å². The van der Waals surface area contributed by atoms with E-state index in [1.54, 1.807) is 43.3 Å². The predicted octanol–water partition coefficient (Wildman–Crippen LogP) is 3.68. The van der Waals surface area contributed by atoms with E-state index in [9.17, 15) is 9.59 Å². The Morgan fingerprint density at radius 3 is 2.29 bits per heavy atom. The van der Waals surface area contributed by atoms with Gasteiger partial charge in [-0.05, 0) is 30.2 Å². The summed E-state index contributed by atoms with van der Waals surface area (Å²) in [6, 6.07) is 18.5. The Hall–Kier alpha value is -3.18. The third kappa shape index (κ3) is 5.66. The quantitative estimate of drug-likeness (QED) is 0.410. The fourth-order valence-electron chi connectivity index (χ4n) is 2.53. The van der Waals surface area contributed by atoms with Crippen LogP contribution in [0.1, 0.15) is 22.8 Å². The highest BCUT2D eigenvalue weighted by Gasteiger charge is 2.38. The number of esters is 1. The van der Waals surface area contributed by atoms with Crippen molar-refractivity contribution in [3.8, 4) is 0 Å². The summed E-state index contributed by atoms with van der Waals surface area (Å²) in [6.07, 6.45) is 3.41. The lowest BCUT2D eigenvalue weighted by atomic mass is 9.92. The second-order valence-corrected chi connectivity index (χ2v) is 6.37. The van der Waals surface area contributed by atoms with Gasteiger partial charge in [0.25, 0.3) is 5.91 Å². The lowest BCUT2D eigenvalue weighted by molar-refractivity contribution is -0.145. The number of hydrogen-bond acceptors (Lipinski definition) is 4. The van der Waals surface area contributed by atoms with E-state index in [2.05, 4.69) is 11.9 Å². The summed E-state index contributed by atoms with van der Waals surface area (Å²) >= 11 is 0. The monoisotopic (exact) mass is 379 g/mol. The molecule has 0 aliphatic carbocycles. The summed E-state index contributed by atoms with van der Waals surface area (Å²) in [5.74, 6) is -0.986. The number of amides is 1. The maximum atomic E-state index is 12.5. The molecule has 0 saturated heterocycles. The molecule has 0 aliphatic heterocycles. The molecular formula is C23H25NO4. The molecule has 0 saturated carbocycles. The summed E-state index contributed by atoms with van der Waals surface area (Å²) in [5.41, 5.74) is 0.522. The summed E-state index contributed by atoms with van der Waals surface area (Å²) in [5, 5.41) is 2.72. The van der Waals surface area contributed by atoms with Gasteiger partial charge >= 0.3 is 5.97 Å². The number of rotatable bonds is 9. The van der Waals surface area contributed by atoms with Crippen molar-refractivity contribution < 1.29 is 19.1 Å². The minimum absolute atomic E-state index is 0.345. The van der Waals surface area contributed by atoms with Crippen LogP contribution in [0.2, 0.25) is 0 Å². The Bertz CT molecular complexity index is 830. The minimum atomic E-state index is -1.39. The molecule has 0 heterocycles. The van der Waals surface area contributed by atoms with E-state index in [0.29, 0.717) is 24.4 Å². The van der Waals surface area contributed by atoms with Crippen LogP contribution in [0.4, 0.5) is 0 Å². The maximum absolute atomic E-state index is 12.5. The third-order valence-corrected chi connectivity index (χ3v) is 4.28. The van der Waals surface area contributed by atoms with Gasteiger partial charge in [0, 0.05) is 5.56 Å². The molecule has 0 unspecified atom stereocenters. The Morgan fingerprint density at radius 1 is 1.07 bits per heavy atom. The lowest BCUT2D eigenvalue weighted by Crippen LogP contribution is -2.53. The molecule has 0 fully saturated rings. The predicted molar refractivity (Wildman–Crippen MR) is 109 cm³/mol. The summed E-state index contributed by atoms with van der Waals surface area (Å²) in [4.78, 5) is 24.9. The first kappa shape index (κ1) is 21.1. The number of nitrogens with one attached hydrogen (secondary N) is 1. The molecule has 0 spiro atoms. The summed E-state index contributed by atoms with van der Waals surface area (Å²) < 4.78 is 10.5. The zero-order valence-corrected chi connectivity index (χ0v) is 16.2. The molecule has 2 aromatic carbocycles. The van der Waals surface area contributed by atoms with Crippen LogP contribution in [-0.2, 0) is 20.9 Å². The van der Waals surface area contributed by atoms with Crippen LogP contribution in [0.5, 0.6) is 0 Å². The molecule has 0 aromatic heterocycles. The Labute approximate surface area is 165 Å². The Kier molecular flexibility index (Phi) is 7.72. The fraction of sp³-hybridized carbons (Fsp3) is 0.217. The molecule has 2 rings (SSSR count). The van der Waals surface area contributed by atoms with Gasteiger partial charge in [-0.3, -0.25) is 4.79 Å². The topological polar surface area (TPSA) is 64.6 Å². The zero-order chi connectivity index (χ0) is 20.4. The van der Waals surface area contributed by atoms with Crippen molar-refractivity contribution in [2.24, 2.45) is 0 Å². The molecule has 5 nitrogen and oxygen atoms in total.